The third-order valence-electron chi connectivity index (χ3n) is 5.26. The number of piperidine rings is 1. The highest BCUT2D eigenvalue weighted by Crippen LogP contribution is 2.36. The fraction of sp³-hybridized carbons (Fsp3) is 0.333. The first kappa shape index (κ1) is 18.8. The van der Waals surface area contributed by atoms with Crippen molar-refractivity contribution in [3.8, 4) is 0 Å². The molecule has 2 amide bonds. The second-order valence-corrected chi connectivity index (χ2v) is 8.11. The van der Waals surface area contributed by atoms with E-state index in [-0.39, 0.29) is 36.7 Å². The molecule has 0 bridgehead atoms. The summed E-state index contributed by atoms with van der Waals surface area (Å²) in [6.45, 7) is 1.42. The maximum atomic E-state index is 13.3. The van der Waals surface area contributed by atoms with Crippen molar-refractivity contribution in [3.05, 3.63) is 63.7 Å². The van der Waals surface area contributed by atoms with E-state index in [0.717, 1.165) is 17.7 Å². The summed E-state index contributed by atoms with van der Waals surface area (Å²) in [7, 11) is 0. The topological polar surface area (TPSA) is 60.9 Å². The molecule has 0 saturated carbocycles. The summed E-state index contributed by atoms with van der Waals surface area (Å²) in [4.78, 5) is 30.4. The summed E-state index contributed by atoms with van der Waals surface area (Å²) in [6, 6.07) is 9.53. The van der Waals surface area contributed by atoms with Crippen molar-refractivity contribution in [1.82, 2.24) is 9.80 Å². The highest BCUT2D eigenvalue weighted by molar-refractivity contribution is 7.11. The Balaban J connectivity index is 1.68. The van der Waals surface area contributed by atoms with Gasteiger partial charge >= 0.3 is 0 Å². The molecule has 2 aliphatic heterocycles. The molecule has 1 fully saturated rings. The van der Waals surface area contributed by atoms with E-state index in [9.17, 15) is 19.1 Å². The van der Waals surface area contributed by atoms with Gasteiger partial charge in [0.15, 0.2) is 0 Å². The molecule has 3 heterocycles. The average molecular weight is 400 g/mol. The Morgan fingerprint density at radius 3 is 2.61 bits per heavy atom. The lowest BCUT2D eigenvalue weighted by molar-refractivity contribution is -0.138. The lowest BCUT2D eigenvalue weighted by Crippen LogP contribution is -2.40. The number of carbonyl (C=O) groups excluding carboxylic acids is 2. The molecular weight excluding hydrogens is 379 g/mol. The maximum Gasteiger partial charge on any atom is 0.278 e. The zero-order valence-electron chi connectivity index (χ0n) is 15.3. The van der Waals surface area contributed by atoms with Crippen LogP contribution in [-0.4, -0.2) is 46.4 Å². The Morgan fingerprint density at radius 2 is 1.93 bits per heavy atom. The normalized spacial score (nSPS) is 20.4. The first-order chi connectivity index (χ1) is 13.6. The molecule has 1 aromatic heterocycles. The molecule has 2 aromatic rings. The van der Waals surface area contributed by atoms with Gasteiger partial charge in [-0.05, 0) is 47.9 Å². The van der Waals surface area contributed by atoms with Crippen LogP contribution in [0.2, 0.25) is 0 Å². The van der Waals surface area contributed by atoms with Gasteiger partial charge in [0.2, 0.25) is 0 Å². The number of thiophene rings is 1. The van der Waals surface area contributed by atoms with Crippen molar-refractivity contribution in [2.75, 3.05) is 19.7 Å². The standard InChI is InChI=1S/C21H21FN2O3S/c22-16-7-5-14(6-8-16)12-24-20(26)18(17-4-2-10-28-17)19(21(24)27)23-9-1-3-15(11-23)13-25/h2,4-8,10,15,25H,1,3,9,11-13H2. The molecule has 146 valence electrons. The number of nitrogens with zero attached hydrogens (tertiary/aromatic N) is 2. The van der Waals surface area contributed by atoms with Crippen LogP contribution in [0.25, 0.3) is 5.57 Å². The number of likely N-dealkylation sites (tertiary alicyclic amines) is 1. The number of hydrogen-bond donors (Lipinski definition) is 1. The van der Waals surface area contributed by atoms with E-state index < -0.39 is 0 Å². The molecule has 5 nitrogen and oxygen atoms in total. The van der Waals surface area contributed by atoms with Crippen LogP contribution in [0.1, 0.15) is 23.3 Å². The summed E-state index contributed by atoms with van der Waals surface area (Å²) in [5, 5.41) is 11.4. The van der Waals surface area contributed by atoms with Crippen molar-refractivity contribution < 1.29 is 19.1 Å². The smallest absolute Gasteiger partial charge is 0.278 e. The molecule has 28 heavy (non-hydrogen) atoms. The van der Waals surface area contributed by atoms with Crippen LogP contribution >= 0.6 is 11.3 Å². The number of aliphatic hydroxyl groups excluding tert-OH is 1. The fourth-order valence-electron chi connectivity index (χ4n) is 3.83. The number of imide groups is 1. The van der Waals surface area contributed by atoms with Crippen LogP contribution in [0, 0.1) is 11.7 Å². The minimum Gasteiger partial charge on any atom is -0.396 e. The number of carbonyl (C=O) groups is 2. The van der Waals surface area contributed by atoms with Crippen molar-refractivity contribution in [1.29, 1.82) is 0 Å². The van der Waals surface area contributed by atoms with Crippen LogP contribution in [0.5, 0.6) is 0 Å². The van der Waals surface area contributed by atoms with Crippen molar-refractivity contribution in [3.63, 3.8) is 0 Å². The largest absolute Gasteiger partial charge is 0.396 e. The third kappa shape index (κ3) is 3.47. The van der Waals surface area contributed by atoms with Gasteiger partial charge in [-0.3, -0.25) is 14.5 Å². The summed E-state index contributed by atoms with van der Waals surface area (Å²) in [6.07, 6.45) is 1.78. The quantitative estimate of drug-likeness (QED) is 0.784. The molecule has 1 unspecified atom stereocenters. The Bertz CT molecular complexity index is 908. The van der Waals surface area contributed by atoms with Gasteiger partial charge in [-0.25, -0.2) is 4.39 Å². The molecule has 1 saturated heterocycles. The SMILES string of the molecule is O=C1C(c2cccs2)=C(N2CCCC(CO)C2)C(=O)N1Cc1ccc(F)cc1. The fourth-order valence-corrected chi connectivity index (χ4v) is 4.60. The lowest BCUT2D eigenvalue weighted by atomic mass is 9.98. The van der Waals surface area contributed by atoms with Gasteiger partial charge in [0.25, 0.3) is 11.8 Å². The van der Waals surface area contributed by atoms with E-state index in [4.69, 9.17) is 0 Å². The van der Waals surface area contributed by atoms with E-state index in [0.29, 0.717) is 29.9 Å². The van der Waals surface area contributed by atoms with Gasteiger partial charge < -0.3 is 10.0 Å². The number of rotatable bonds is 5. The van der Waals surface area contributed by atoms with Crippen molar-refractivity contribution in [2.24, 2.45) is 5.92 Å². The van der Waals surface area contributed by atoms with Gasteiger partial charge in [0.1, 0.15) is 11.5 Å². The number of aliphatic hydroxyl groups is 1. The van der Waals surface area contributed by atoms with Gasteiger partial charge in [-0.2, -0.15) is 0 Å². The zero-order valence-corrected chi connectivity index (χ0v) is 16.1. The molecule has 1 N–H and O–H groups in total. The highest BCUT2D eigenvalue weighted by atomic mass is 32.1. The molecule has 4 rings (SSSR count). The van der Waals surface area contributed by atoms with E-state index >= 15 is 0 Å². The molecular formula is C21H21FN2O3S. The Labute approximate surface area is 166 Å². The molecule has 7 heteroatoms. The third-order valence-corrected chi connectivity index (χ3v) is 6.15. The average Bonchev–Trinajstić information content (AvgIpc) is 3.32. The van der Waals surface area contributed by atoms with Crippen LogP contribution in [-0.2, 0) is 16.1 Å². The number of amides is 2. The van der Waals surface area contributed by atoms with Gasteiger partial charge in [0, 0.05) is 24.6 Å². The lowest BCUT2D eigenvalue weighted by Gasteiger charge is -2.34. The van der Waals surface area contributed by atoms with Gasteiger partial charge in [-0.15, -0.1) is 11.3 Å². The molecule has 2 aliphatic rings. The molecule has 0 radical (unpaired) electrons. The predicted molar refractivity (Wildman–Crippen MR) is 105 cm³/mol. The first-order valence-electron chi connectivity index (χ1n) is 9.33. The number of benzene rings is 1. The van der Waals surface area contributed by atoms with Crippen LogP contribution < -0.4 is 0 Å². The minimum atomic E-state index is -0.357. The molecule has 0 aliphatic carbocycles. The maximum absolute atomic E-state index is 13.3. The number of halogens is 1. The van der Waals surface area contributed by atoms with Gasteiger partial charge in [-0.1, -0.05) is 18.2 Å². The van der Waals surface area contributed by atoms with E-state index in [2.05, 4.69) is 0 Å². The van der Waals surface area contributed by atoms with E-state index in [1.54, 1.807) is 12.1 Å². The van der Waals surface area contributed by atoms with Crippen LogP contribution in [0.4, 0.5) is 4.39 Å². The zero-order chi connectivity index (χ0) is 19.7. The predicted octanol–water partition coefficient (Wildman–Crippen LogP) is 2.87. The molecule has 0 spiro atoms. The second kappa shape index (κ2) is 7.85. The Morgan fingerprint density at radius 1 is 1.14 bits per heavy atom. The minimum absolute atomic E-state index is 0.0690. The Hall–Kier alpha value is -2.51. The van der Waals surface area contributed by atoms with Crippen LogP contribution in [0.15, 0.2) is 47.5 Å². The Kier molecular flexibility index (Phi) is 5.28. The van der Waals surface area contributed by atoms with E-state index in [1.165, 1.54) is 28.4 Å². The van der Waals surface area contributed by atoms with Crippen molar-refractivity contribution >= 4 is 28.7 Å². The highest BCUT2D eigenvalue weighted by Gasteiger charge is 2.42. The summed E-state index contributed by atoms with van der Waals surface area (Å²) in [5.41, 5.74) is 1.55. The first-order valence-corrected chi connectivity index (χ1v) is 10.2. The van der Waals surface area contributed by atoms with Gasteiger partial charge in [0.05, 0.1) is 12.1 Å². The van der Waals surface area contributed by atoms with Crippen LogP contribution in [0.3, 0.4) is 0 Å². The summed E-state index contributed by atoms with van der Waals surface area (Å²) in [5.74, 6) is -0.904. The number of hydrogen-bond acceptors (Lipinski definition) is 5. The summed E-state index contributed by atoms with van der Waals surface area (Å²) < 4.78 is 13.2. The van der Waals surface area contributed by atoms with E-state index in [1.807, 2.05) is 22.4 Å². The van der Waals surface area contributed by atoms with Crippen molar-refractivity contribution in [2.45, 2.75) is 19.4 Å². The molecule has 1 aromatic carbocycles. The monoisotopic (exact) mass is 400 g/mol. The second-order valence-electron chi connectivity index (χ2n) is 7.16. The summed E-state index contributed by atoms with van der Waals surface area (Å²) >= 11 is 1.43. The molecule has 1 atom stereocenters.